The molecule has 110 valence electrons. The quantitative estimate of drug-likeness (QED) is 0.872. The Morgan fingerprint density at radius 3 is 2.90 bits per heavy atom. The first-order chi connectivity index (χ1) is 9.78. The molecule has 3 fully saturated rings. The SMILES string of the molecule is CN(CC1CC2CCC1C2)c1ncc(CNC2CC2)s1. The molecule has 0 amide bonds. The molecule has 2 bridgehead atoms. The number of rotatable bonds is 6. The Kier molecular flexibility index (Phi) is 3.47. The standard InChI is InChI=1S/C16H25N3S/c1-19(10-13-7-11-2-3-12(13)6-11)16-18-9-15(20-16)8-17-14-4-5-14/h9,11-14,17H,2-8,10H2,1H3. The fraction of sp³-hybridized carbons (Fsp3) is 0.812. The van der Waals surface area contributed by atoms with Gasteiger partial charge in [-0.25, -0.2) is 4.98 Å². The van der Waals surface area contributed by atoms with Crippen LogP contribution in [0, 0.1) is 17.8 Å². The first kappa shape index (κ1) is 13.1. The van der Waals surface area contributed by atoms with Crippen LogP contribution in [0.15, 0.2) is 6.20 Å². The second-order valence-electron chi connectivity index (χ2n) is 7.08. The van der Waals surface area contributed by atoms with Crippen molar-refractivity contribution in [2.75, 3.05) is 18.5 Å². The minimum atomic E-state index is 0.785. The van der Waals surface area contributed by atoms with Crippen molar-refractivity contribution >= 4 is 16.5 Å². The van der Waals surface area contributed by atoms with E-state index in [4.69, 9.17) is 0 Å². The van der Waals surface area contributed by atoms with Crippen LogP contribution in [-0.2, 0) is 6.54 Å². The lowest BCUT2D eigenvalue weighted by atomic mass is 9.88. The van der Waals surface area contributed by atoms with E-state index in [1.807, 2.05) is 11.3 Å². The molecule has 1 aromatic rings. The van der Waals surface area contributed by atoms with E-state index >= 15 is 0 Å². The molecular formula is C16H25N3S. The Labute approximate surface area is 125 Å². The lowest BCUT2D eigenvalue weighted by Gasteiger charge is -2.26. The van der Waals surface area contributed by atoms with Gasteiger partial charge in [0.25, 0.3) is 0 Å². The van der Waals surface area contributed by atoms with Crippen molar-refractivity contribution in [3.8, 4) is 0 Å². The van der Waals surface area contributed by atoms with Gasteiger partial charge in [0.1, 0.15) is 0 Å². The van der Waals surface area contributed by atoms with E-state index in [1.54, 1.807) is 0 Å². The maximum absolute atomic E-state index is 4.62. The average molecular weight is 291 g/mol. The minimum absolute atomic E-state index is 0.785. The number of thiazole rings is 1. The van der Waals surface area contributed by atoms with Crippen LogP contribution in [0.4, 0.5) is 5.13 Å². The zero-order valence-electron chi connectivity index (χ0n) is 12.3. The summed E-state index contributed by atoms with van der Waals surface area (Å²) in [6.45, 7) is 2.22. The summed E-state index contributed by atoms with van der Waals surface area (Å²) in [6.07, 6.45) is 10.7. The number of hydrogen-bond acceptors (Lipinski definition) is 4. The fourth-order valence-corrected chi connectivity index (χ4v) is 4.95. The van der Waals surface area contributed by atoms with Gasteiger partial charge in [-0.2, -0.15) is 0 Å². The van der Waals surface area contributed by atoms with Crippen LogP contribution < -0.4 is 10.2 Å². The molecule has 0 aliphatic heterocycles. The van der Waals surface area contributed by atoms with Gasteiger partial charge in [0, 0.05) is 37.3 Å². The van der Waals surface area contributed by atoms with Crippen LogP contribution >= 0.6 is 11.3 Å². The number of nitrogens with one attached hydrogen (secondary N) is 1. The van der Waals surface area contributed by atoms with E-state index < -0.39 is 0 Å². The van der Waals surface area contributed by atoms with Crippen LogP contribution in [0.3, 0.4) is 0 Å². The molecule has 3 nitrogen and oxygen atoms in total. The Morgan fingerprint density at radius 2 is 2.20 bits per heavy atom. The Bertz CT molecular complexity index is 468. The molecule has 0 aromatic carbocycles. The maximum Gasteiger partial charge on any atom is 0.185 e. The summed E-state index contributed by atoms with van der Waals surface area (Å²) in [7, 11) is 2.23. The lowest BCUT2D eigenvalue weighted by Crippen LogP contribution is -2.28. The van der Waals surface area contributed by atoms with E-state index in [0.717, 1.165) is 30.3 Å². The van der Waals surface area contributed by atoms with Crippen LogP contribution in [-0.4, -0.2) is 24.6 Å². The van der Waals surface area contributed by atoms with E-state index in [1.165, 1.54) is 55.1 Å². The number of nitrogens with zero attached hydrogens (tertiary/aromatic N) is 2. The molecule has 1 aromatic heterocycles. The van der Waals surface area contributed by atoms with Gasteiger partial charge in [0.15, 0.2) is 5.13 Å². The highest BCUT2D eigenvalue weighted by atomic mass is 32.1. The van der Waals surface area contributed by atoms with Crippen molar-refractivity contribution in [1.29, 1.82) is 0 Å². The van der Waals surface area contributed by atoms with Gasteiger partial charge >= 0.3 is 0 Å². The molecule has 4 heteroatoms. The van der Waals surface area contributed by atoms with E-state index in [0.29, 0.717) is 0 Å². The first-order valence-electron chi connectivity index (χ1n) is 8.17. The van der Waals surface area contributed by atoms with Gasteiger partial charge in [-0.3, -0.25) is 0 Å². The van der Waals surface area contributed by atoms with Crippen molar-refractivity contribution in [1.82, 2.24) is 10.3 Å². The molecule has 0 spiro atoms. The highest BCUT2D eigenvalue weighted by Gasteiger charge is 2.39. The van der Waals surface area contributed by atoms with Gasteiger partial charge < -0.3 is 10.2 Å². The molecule has 1 heterocycles. The summed E-state index contributed by atoms with van der Waals surface area (Å²) < 4.78 is 0. The topological polar surface area (TPSA) is 28.2 Å². The molecule has 0 radical (unpaired) electrons. The Balaban J connectivity index is 1.32. The van der Waals surface area contributed by atoms with Crippen LogP contribution in [0.1, 0.15) is 43.4 Å². The number of fused-ring (bicyclic) bond motifs is 2. The van der Waals surface area contributed by atoms with Gasteiger partial charge in [-0.15, -0.1) is 11.3 Å². The highest BCUT2D eigenvalue weighted by molar-refractivity contribution is 7.15. The van der Waals surface area contributed by atoms with E-state index in [2.05, 4.69) is 28.4 Å². The molecule has 0 saturated heterocycles. The van der Waals surface area contributed by atoms with Gasteiger partial charge in [-0.05, 0) is 49.9 Å². The van der Waals surface area contributed by atoms with Crippen molar-refractivity contribution < 1.29 is 0 Å². The third-order valence-electron chi connectivity index (χ3n) is 5.40. The third kappa shape index (κ3) is 2.73. The molecule has 3 aliphatic carbocycles. The van der Waals surface area contributed by atoms with Gasteiger partial charge in [0.05, 0.1) is 0 Å². The highest BCUT2D eigenvalue weighted by Crippen LogP contribution is 2.48. The number of hydrogen-bond donors (Lipinski definition) is 1. The van der Waals surface area contributed by atoms with E-state index in [-0.39, 0.29) is 0 Å². The zero-order chi connectivity index (χ0) is 13.5. The fourth-order valence-electron chi connectivity index (χ4n) is 4.12. The van der Waals surface area contributed by atoms with E-state index in [9.17, 15) is 0 Å². The first-order valence-corrected chi connectivity index (χ1v) is 8.99. The van der Waals surface area contributed by atoms with Crippen LogP contribution in [0.25, 0.3) is 0 Å². The Hall–Kier alpha value is -0.610. The molecule has 4 rings (SSSR count). The molecule has 20 heavy (non-hydrogen) atoms. The molecule has 3 saturated carbocycles. The van der Waals surface area contributed by atoms with Crippen LogP contribution in [0.2, 0.25) is 0 Å². The minimum Gasteiger partial charge on any atom is -0.351 e. The predicted octanol–water partition coefficient (Wildman–Crippen LogP) is 3.27. The number of anilines is 1. The largest absolute Gasteiger partial charge is 0.351 e. The summed E-state index contributed by atoms with van der Waals surface area (Å²) >= 11 is 1.87. The maximum atomic E-state index is 4.62. The molecule has 3 aliphatic rings. The van der Waals surface area contributed by atoms with Gasteiger partial charge in [-0.1, -0.05) is 6.42 Å². The lowest BCUT2D eigenvalue weighted by molar-refractivity contribution is 0.337. The summed E-state index contributed by atoms with van der Waals surface area (Å²) in [6, 6.07) is 0.785. The third-order valence-corrected chi connectivity index (χ3v) is 6.51. The summed E-state index contributed by atoms with van der Waals surface area (Å²) in [4.78, 5) is 8.40. The van der Waals surface area contributed by atoms with Crippen molar-refractivity contribution in [2.24, 2.45) is 17.8 Å². The predicted molar refractivity (Wildman–Crippen MR) is 84.2 cm³/mol. The zero-order valence-corrected chi connectivity index (χ0v) is 13.2. The molecule has 3 atom stereocenters. The summed E-state index contributed by atoms with van der Waals surface area (Å²) in [5.41, 5.74) is 0. The number of aromatic nitrogens is 1. The normalized spacial score (nSPS) is 31.9. The van der Waals surface area contributed by atoms with Gasteiger partial charge in [0.2, 0.25) is 0 Å². The Morgan fingerprint density at radius 1 is 1.30 bits per heavy atom. The monoisotopic (exact) mass is 291 g/mol. The molecule has 1 N–H and O–H groups in total. The summed E-state index contributed by atoms with van der Waals surface area (Å²) in [5, 5.41) is 4.78. The van der Waals surface area contributed by atoms with Crippen molar-refractivity contribution in [3.05, 3.63) is 11.1 Å². The molecule has 3 unspecified atom stereocenters. The summed E-state index contributed by atoms with van der Waals surface area (Å²) in [5.74, 6) is 2.99. The van der Waals surface area contributed by atoms with Crippen molar-refractivity contribution in [3.63, 3.8) is 0 Å². The smallest absolute Gasteiger partial charge is 0.185 e. The average Bonchev–Trinajstić information content (AvgIpc) is 2.89. The van der Waals surface area contributed by atoms with Crippen LogP contribution in [0.5, 0.6) is 0 Å². The second-order valence-corrected chi connectivity index (χ2v) is 8.17. The second kappa shape index (κ2) is 5.30. The molecular weight excluding hydrogens is 266 g/mol. The van der Waals surface area contributed by atoms with Crippen molar-refractivity contribution in [2.45, 2.75) is 51.1 Å².